The van der Waals surface area contributed by atoms with Crippen molar-refractivity contribution in [2.75, 3.05) is 13.4 Å². The van der Waals surface area contributed by atoms with Crippen LogP contribution in [0.1, 0.15) is 29.2 Å². The molecule has 154 valence electrons. The van der Waals surface area contributed by atoms with Gasteiger partial charge in [-0.1, -0.05) is 53.3 Å². The molecule has 0 aliphatic rings. The van der Waals surface area contributed by atoms with E-state index in [2.05, 4.69) is 5.16 Å². The van der Waals surface area contributed by atoms with Gasteiger partial charge in [-0.05, 0) is 36.4 Å². The van der Waals surface area contributed by atoms with Crippen LogP contribution in [0, 0.1) is 0 Å². The molecule has 0 radical (unpaired) electrons. The summed E-state index contributed by atoms with van der Waals surface area (Å²) in [6.07, 6.45) is -1.38. The lowest BCUT2D eigenvalue weighted by atomic mass is 10.0. The van der Waals surface area contributed by atoms with Crippen molar-refractivity contribution in [3.63, 3.8) is 0 Å². The summed E-state index contributed by atoms with van der Waals surface area (Å²) in [5, 5.41) is 3.77. The first-order valence-corrected chi connectivity index (χ1v) is 9.74. The number of nitrogens with zero attached hydrogens (tertiary/aromatic N) is 1. The number of benzene rings is 2. The predicted octanol–water partition coefficient (Wildman–Crippen LogP) is 5.52. The molecule has 2 aromatic rings. The molecule has 0 bridgehead atoms. The Labute approximate surface area is 171 Å². The minimum absolute atomic E-state index is 0.0369. The topological polar surface area (TPSA) is 47.9 Å². The second kappa shape index (κ2) is 10.2. The van der Waals surface area contributed by atoms with Crippen molar-refractivity contribution in [2.45, 2.75) is 19.7 Å². The fourth-order valence-corrected chi connectivity index (χ4v) is 2.91. The molecule has 0 aliphatic heterocycles. The molecule has 2 aromatic carbocycles. The van der Waals surface area contributed by atoms with Crippen LogP contribution >= 0.6 is 11.8 Å². The zero-order valence-electron chi connectivity index (χ0n) is 16.1. The van der Waals surface area contributed by atoms with Crippen LogP contribution in [0.15, 0.2) is 59.9 Å². The van der Waals surface area contributed by atoms with E-state index >= 15 is 0 Å². The van der Waals surface area contributed by atoms with Crippen molar-refractivity contribution < 1.29 is 27.5 Å². The fraction of sp³-hybridized carbons (Fsp3) is 0.238. The van der Waals surface area contributed by atoms with Gasteiger partial charge in [0.2, 0.25) is 5.12 Å². The number of hydrogen-bond donors (Lipinski definition) is 0. The molecule has 29 heavy (non-hydrogen) atoms. The Bertz CT molecular complexity index is 923. The van der Waals surface area contributed by atoms with Gasteiger partial charge in [0.05, 0.1) is 30.2 Å². The highest BCUT2D eigenvalue weighted by Gasteiger charge is 2.30. The van der Waals surface area contributed by atoms with E-state index in [-0.39, 0.29) is 11.7 Å². The summed E-state index contributed by atoms with van der Waals surface area (Å²) in [5.41, 5.74) is 1.59. The first-order valence-electron chi connectivity index (χ1n) is 8.51. The van der Waals surface area contributed by atoms with E-state index in [0.717, 1.165) is 23.9 Å². The Hall–Kier alpha value is -2.74. The van der Waals surface area contributed by atoms with Crippen LogP contribution in [-0.4, -0.2) is 24.2 Å². The highest BCUT2D eigenvalue weighted by Crippen LogP contribution is 2.30. The van der Waals surface area contributed by atoms with Gasteiger partial charge in [-0.15, -0.1) is 0 Å². The van der Waals surface area contributed by atoms with E-state index in [0.29, 0.717) is 28.0 Å². The number of rotatable bonds is 7. The number of oxime groups is 1. The molecule has 0 fully saturated rings. The lowest BCUT2D eigenvalue weighted by molar-refractivity contribution is -0.137. The van der Waals surface area contributed by atoms with E-state index < -0.39 is 11.7 Å². The van der Waals surface area contributed by atoms with Gasteiger partial charge in [0.1, 0.15) is 6.61 Å². The molecule has 0 amide bonds. The van der Waals surface area contributed by atoms with Crippen LogP contribution in [0.2, 0.25) is 0 Å². The predicted molar refractivity (Wildman–Crippen MR) is 108 cm³/mol. The average molecular weight is 423 g/mol. The maximum atomic E-state index is 12.9. The largest absolute Gasteiger partial charge is 0.504 e. The zero-order valence-corrected chi connectivity index (χ0v) is 16.9. The Morgan fingerprint density at radius 3 is 2.55 bits per heavy atom. The second-order valence-corrected chi connectivity index (χ2v) is 6.72. The summed E-state index contributed by atoms with van der Waals surface area (Å²) in [6.45, 7) is 1.60. The van der Waals surface area contributed by atoms with Crippen LogP contribution < -0.4 is 0 Å². The van der Waals surface area contributed by atoms with Gasteiger partial charge in [-0.3, -0.25) is 4.79 Å². The number of halogens is 3. The van der Waals surface area contributed by atoms with E-state index in [1.165, 1.54) is 25.5 Å². The molecule has 0 aromatic heterocycles. The first-order chi connectivity index (χ1) is 13.8. The second-order valence-electron chi connectivity index (χ2n) is 5.94. The standard InChI is InChI=1S/C21H20F3NO3S/c1-14(15-8-6-9-17(11-15)21(22,23)24)25-28-12-16-7-4-5-10-18(16)19(13-27-2)20(26)29-3/h4-11,13H,12H2,1-3H3/b19-13+,25-14+. The highest BCUT2D eigenvalue weighted by atomic mass is 32.2. The summed E-state index contributed by atoms with van der Waals surface area (Å²) >= 11 is 1.06. The van der Waals surface area contributed by atoms with Gasteiger partial charge in [-0.25, -0.2) is 0 Å². The SMILES string of the molecule is CO/C=C(/C(=O)SC)c1ccccc1CO/N=C(\C)c1cccc(C(F)(F)F)c1. The number of alkyl halides is 3. The third-order valence-electron chi connectivity index (χ3n) is 3.98. The van der Waals surface area contributed by atoms with Gasteiger partial charge in [0.25, 0.3) is 0 Å². The summed E-state index contributed by atoms with van der Waals surface area (Å²) in [5.74, 6) is 0. The Morgan fingerprint density at radius 1 is 1.17 bits per heavy atom. The summed E-state index contributed by atoms with van der Waals surface area (Å²) in [4.78, 5) is 17.6. The molecule has 0 spiro atoms. The normalized spacial score (nSPS) is 12.6. The summed E-state index contributed by atoms with van der Waals surface area (Å²) in [7, 11) is 1.45. The number of methoxy groups -OCH3 is 1. The molecule has 0 saturated carbocycles. The smallest absolute Gasteiger partial charge is 0.416 e. The number of carbonyl (C=O) groups is 1. The van der Waals surface area contributed by atoms with Crippen molar-refractivity contribution in [3.8, 4) is 0 Å². The minimum Gasteiger partial charge on any atom is -0.504 e. The number of ether oxygens (including phenoxy) is 1. The summed E-state index contributed by atoms with van der Waals surface area (Å²) in [6, 6.07) is 12.0. The molecule has 0 atom stereocenters. The molecular formula is C21H20F3NO3S. The van der Waals surface area contributed by atoms with Gasteiger partial charge in [0, 0.05) is 5.56 Å². The van der Waals surface area contributed by atoms with Gasteiger partial charge < -0.3 is 9.57 Å². The van der Waals surface area contributed by atoms with Gasteiger partial charge in [-0.2, -0.15) is 13.2 Å². The Morgan fingerprint density at radius 2 is 1.90 bits per heavy atom. The van der Waals surface area contributed by atoms with E-state index in [1.54, 1.807) is 37.4 Å². The third-order valence-corrected chi connectivity index (χ3v) is 4.57. The first kappa shape index (κ1) is 22.5. The average Bonchev–Trinajstić information content (AvgIpc) is 2.71. The van der Waals surface area contributed by atoms with E-state index in [4.69, 9.17) is 9.57 Å². The Balaban J connectivity index is 2.21. The lowest BCUT2D eigenvalue weighted by Crippen LogP contribution is -2.07. The van der Waals surface area contributed by atoms with Crippen molar-refractivity contribution in [2.24, 2.45) is 5.16 Å². The number of hydrogen-bond acceptors (Lipinski definition) is 5. The molecule has 4 nitrogen and oxygen atoms in total. The van der Waals surface area contributed by atoms with Crippen LogP contribution in [0.5, 0.6) is 0 Å². The maximum absolute atomic E-state index is 12.9. The fourth-order valence-electron chi connectivity index (χ4n) is 2.53. The maximum Gasteiger partial charge on any atom is 0.416 e. The zero-order chi connectivity index (χ0) is 21.4. The lowest BCUT2D eigenvalue weighted by Gasteiger charge is -2.11. The molecule has 0 N–H and O–H groups in total. The molecule has 0 unspecified atom stereocenters. The molecule has 0 heterocycles. The van der Waals surface area contributed by atoms with Crippen molar-refractivity contribution in [1.29, 1.82) is 0 Å². The van der Waals surface area contributed by atoms with Crippen LogP contribution in [-0.2, 0) is 27.2 Å². The monoisotopic (exact) mass is 423 g/mol. The Kier molecular flexibility index (Phi) is 7.90. The number of thioether (sulfide) groups is 1. The number of carbonyl (C=O) groups excluding carboxylic acids is 1. The van der Waals surface area contributed by atoms with Crippen molar-refractivity contribution in [3.05, 3.63) is 77.0 Å². The van der Waals surface area contributed by atoms with Crippen molar-refractivity contribution >= 4 is 28.2 Å². The van der Waals surface area contributed by atoms with E-state index in [1.807, 2.05) is 0 Å². The molecule has 0 aliphatic carbocycles. The van der Waals surface area contributed by atoms with E-state index in [9.17, 15) is 18.0 Å². The molecular weight excluding hydrogens is 403 g/mol. The molecule has 0 saturated heterocycles. The molecule has 2 rings (SSSR count). The van der Waals surface area contributed by atoms with Crippen molar-refractivity contribution in [1.82, 2.24) is 0 Å². The van der Waals surface area contributed by atoms with Gasteiger partial charge >= 0.3 is 6.18 Å². The van der Waals surface area contributed by atoms with Crippen LogP contribution in [0.4, 0.5) is 13.2 Å². The van der Waals surface area contributed by atoms with Gasteiger partial charge in [0.15, 0.2) is 0 Å². The van der Waals surface area contributed by atoms with Crippen LogP contribution in [0.25, 0.3) is 5.57 Å². The van der Waals surface area contributed by atoms with Crippen LogP contribution in [0.3, 0.4) is 0 Å². The third kappa shape index (κ3) is 6.12. The highest BCUT2D eigenvalue weighted by molar-refractivity contribution is 8.14. The minimum atomic E-state index is -4.43. The quantitative estimate of drug-likeness (QED) is 0.255. The summed E-state index contributed by atoms with van der Waals surface area (Å²) < 4.78 is 43.6. The molecule has 8 heteroatoms.